The van der Waals surface area contributed by atoms with E-state index in [1.54, 1.807) is 30.3 Å². The Hall–Kier alpha value is -2.03. The summed E-state index contributed by atoms with van der Waals surface area (Å²) in [5.41, 5.74) is 0.506. The molecule has 3 unspecified atom stereocenters. The van der Waals surface area contributed by atoms with Crippen molar-refractivity contribution in [3.63, 3.8) is 0 Å². The van der Waals surface area contributed by atoms with Gasteiger partial charge in [-0.2, -0.15) is 0 Å². The van der Waals surface area contributed by atoms with Crippen LogP contribution < -0.4 is 4.90 Å². The first-order valence-corrected chi connectivity index (χ1v) is 12.9. The second-order valence-corrected chi connectivity index (χ2v) is 11.8. The molecule has 2 amide bonds. The fourth-order valence-corrected chi connectivity index (χ4v) is 8.89. The number of para-hydroxylation sites is 1. The summed E-state index contributed by atoms with van der Waals surface area (Å²) in [5, 5.41) is 20.5. The van der Waals surface area contributed by atoms with Gasteiger partial charge in [-0.25, -0.2) is 0 Å². The highest BCUT2D eigenvalue weighted by Crippen LogP contribution is 2.69. The zero-order valence-corrected chi connectivity index (χ0v) is 21.1. The molecule has 0 aromatic heterocycles. The van der Waals surface area contributed by atoms with Crippen molar-refractivity contribution < 1.29 is 24.6 Å². The number of hydrogen-bond donors (Lipinski definition) is 2. The molecular weight excluding hydrogens is 476 g/mol. The molecule has 2 bridgehead atoms. The summed E-state index contributed by atoms with van der Waals surface area (Å²) in [4.78, 5) is 43.7. The fourth-order valence-electron chi connectivity index (χ4n) is 6.25. The summed E-state index contributed by atoms with van der Waals surface area (Å²) >= 11 is 7.94. The molecule has 1 spiro atoms. The van der Waals surface area contributed by atoms with E-state index in [2.05, 4.69) is 6.58 Å². The molecule has 4 rings (SSSR count). The quantitative estimate of drug-likeness (QED) is 0.525. The Bertz CT molecular complexity index is 1020. The number of halogens is 1. The Morgan fingerprint density at radius 3 is 2.62 bits per heavy atom. The Labute approximate surface area is 209 Å². The van der Waals surface area contributed by atoms with Crippen LogP contribution in [0.25, 0.3) is 0 Å². The maximum Gasteiger partial charge on any atom is 0.308 e. The van der Waals surface area contributed by atoms with Crippen LogP contribution in [0.4, 0.5) is 5.69 Å². The number of hydrogen-bond acceptors (Lipinski definition) is 5. The van der Waals surface area contributed by atoms with Gasteiger partial charge in [0.05, 0.1) is 39.9 Å². The van der Waals surface area contributed by atoms with E-state index in [1.807, 2.05) is 20.8 Å². The van der Waals surface area contributed by atoms with E-state index in [9.17, 15) is 24.6 Å². The van der Waals surface area contributed by atoms with Gasteiger partial charge >= 0.3 is 5.97 Å². The molecule has 0 saturated carbocycles. The van der Waals surface area contributed by atoms with Crippen molar-refractivity contribution in [2.24, 2.45) is 23.7 Å². The van der Waals surface area contributed by atoms with Gasteiger partial charge in [0.25, 0.3) is 5.91 Å². The minimum atomic E-state index is -1.00. The van der Waals surface area contributed by atoms with Gasteiger partial charge in [0.2, 0.25) is 5.91 Å². The average Bonchev–Trinajstić information content (AvgIpc) is 3.37. The molecule has 3 aliphatic rings. The highest BCUT2D eigenvalue weighted by molar-refractivity contribution is 8.02. The van der Waals surface area contributed by atoms with Crippen molar-refractivity contribution in [3.8, 4) is 0 Å². The number of carboxylic acids is 1. The van der Waals surface area contributed by atoms with Crippen molar-refractivity contribution in [2.45, 2.75) is 49.3 Å². The van der Waals surface area contributed by atoms with Crippen molar-refractivity contribution in [3.05, 3.63) is 41.9 Å². The summed E-state index contributed by atoms with van der Waals surface area (Å²) < 4.78 is -0.884. The maximum absolute atomic E-state index is 14.4. The molecule has 2 N–H and O–H groups in total. The van der Waals surface area contributed by atoms with Crippen LogP contribution in [0.3, 0.4) is 0 Å². The van der Waals surface area contributed by atoms with Gasteiger partial charge in [-0.1, -0.05) is 50.6 Å². The van der Waals surface area contributed by atoms with E-state index in [0.717, 1.165) is 0 Å². The predicted octanol–water partition coefficient (Wildman–Crippen LogP) is 3.30. The molecule has 9 heteroatoms. The average molecular weight is 507 g/mol. The lowest BCUT2D eigenvalue weighted by Gasteiger charge is -2.42. The van der Waals surface area contributed by atoms with Gasteiger partial charge in [0, 0.05) is 11.8 Å². The Balaban J connectivity index is 1.90. The molecule has 0 aliphatic carbocycles. The number of anilines is 1. The van der Waals surface area contributed by atoms with Crippen molar-refractivity contribution in [1.29, 1.82) is 0 Å². The third-order valence-corrected chi connectivity index (χ3v) is 10.1. The van der Waals surface area contributed by atoms with Crippen LogP contribution in [-0.4, -0.2) is 68.1 Å². The van der Waals surface area contributed by atoms with Crippen LogP contribution >= 0.6 is 23.4 Å². The first kappa shape index (κ1) is 25.1. The zero-order valence-electron chi connectivity index (χ0n) is 19.6. The number of likely N-dealkylation sites (tertiary alicyclic amines) is 1. The van der Waals surface area contributed by atoms with Crippen molar-refractivity contribution in [1.82, 2.24) is 4.90 Å². The molecule has 3 saturated heterocycles. The number of nitrogens with zero attached hydrogens (tertiary/aromatic N) is 2. The first-order valence-electron chi connectivity index (χ1n) is 11.6. The second-order valence-electron chi connectivity index (χ2n) is 9.82. The summed E-state index contributed by atoms with van der Waals surface area (Å²) in [5.74, 6) is -3.53. The number of aliphatic hydroxyl groups is 1. The van der Waals surface area contributed by atoms with Crippen LogP contribution in [0.5, 0.6) is 0 Å². The summed E-state index contributed by atoms with van der Waals surface area (Å²) in [6.45, 7) is 9.45. The number of benzene rings is 1. The van der Waals surface area contributed by atoms with E-state index in [1.165, 1.54) is 21.6 Å². The highest BCUT2D eigenvalue weighted by atomic mass is 35.5. The number of thioether (sulfide) groups is 1. The van der Waals surface area contributed by atoms with Crippen LogP contribution in [0.15, 0.2) is 36.9 Å². The Morgan fingerprint density at radius 2 is 2.06 bits per heavy atom. The monoisotopic (exact) mass is 506 g/mol. The van der Waals surface area contributed by atoms with Gasteiger partial charge in [0.15, 0.2) is 0 Å². The van der Waals surface area contributed by atoms with E-state index >= 15 is 0 Å². The highest BCUT2D eigenvalue weighted by Gasteiger charge is 2.77. The largest absolute Gasteiger partial charge is 0.481 e. The van der Waals surface area contributed by atoms with E-state index < -0.39 is 34.6 Å². The number of amides is 2. The van der Waals surface area contributed by atoms with Gasteiger partial charge < -0.3 is 20.0 Å². The van der Waals surface area contributed by atoms with Crippen molar-refractivity contribution >= 4 is 46.8 Å². The molecule has 3 heterocycles. The zero-order chi connectivity index (χ0) is 24.9. The lowest BCUT2D eigenvalue weighted by atomic mass is 9.66. The summed E-state index contributed by atoms with van der Waals surface area (Å²) in [7, 11) is 0. The first-order chi connectivity index (χ1) is 16.1. The number of carboxylic acid groups (broad SMARTS) is 1. The molecule has 1 aromatic carbocycles. The number of carbonyl (C=O) groups is 3. The van der Waals surface area contributed by atoms with Crippen LogP contribution in [-0.2, 0) is 14.4 Å². The standard InChI is InChI=1S/C25H31ClN2O5S/c1-5-10-27(16-9-7-6-8-15(16)26)23(31)21-25-14(4)11-18(34-25)19(24(32)33)20(25)22(30)28(21)17(12-29)13(2)3/h5-9,13-14,17-21,29H,1,10-12H2,2-4H3,(H,32,33)/t14?,17-,18-,19+,20-,21?,25?/m0/s1. The lowest BCUT2D eigenvalue weighted by molar-refractivity contribution is -0.150. The molecular formula is C25H31ClN2O5S. The minimum Gasteiger partial charge on any atom is -0.481 e. The van der Waals surface area contributed by atoms with Crippen LogP contribution in [0.2, 0.25) is 5.02 Å². The molecule has 7 atom stereocenters. The molecule has 7 nitrogen and oxygen atoms in total. The number of aliphatic carboxylic acids is 1. The minimum absolute atomic E-state index is 0.0469. The normalized spacial score (nSPS) is 32.7. The van der Waals surface area contributed by atoms with Crippen molar-refractivity contribution in [2.75, 3.05) is 18.1 Å². The molecule has 1 aromatic rings. The van der Waals surface area contributed by atoms with E-state index in [-0.39, 0.29) is 42.1 Å². The van der Waals surface area contributed by atoms with Crippen LogP contribution in [0, 0.1) is 23.7 Å². The number of aliphatic hydroxyl groups excluding tert-OH is 1. The Morgan fingerprint density at radius 1 is 1.38 bits per heavy atom. The topological polar surface area (TPSA) is 98.2 Å². The molecule has 3 fully saturated rings. The van der Waals surface area contributed by atoms with Crippen LogP contribution in [0.1, 0.15) is 27.2 Å². The predicted molar refractivity (Wildman–Crippen MR) is 133 cm³/mol. The second kappa shape index (κ2) is 9.21. The number of fused-ring (bicyclic) bond motifs is 1. The van der Waals surface area contributed by atoms with E-state index in [4.69, 9.17) is 11.6 Å². The number of rotatable bonds is 8. The van der Waals surface area contributed by atoms with Gasteiger partial charge in [-0.05, 0) is 30.4 Å². The van der Waals surface area contributed by atoms with E-state index in [0.29, 0.717) is 17.1 Å². The summed E-state index contributed by atoms with van der Waals surface area (Å²) in [6, 6.07) is 5.47. The number of carbonyl (C=O) groups excluding carboxylic acids is 2. The fraction of sp³-hybridized carbons (Fsp3) is 0.560. The molecule has 34 heavy (non-hydrogen) atoms. The maximum atomic E-state index is 14.4. The lowest BCUT2D eigenvalue weighted by Crippen LogP contribution is -2.60. The third-order valence-electron chi connectivity index (χ3n) is 7.74. The summed E-state index contributed by atoms with van der Waals surface area (Å²) in [6.07, 6.45) is 2.23. The van der Waals surface area contributed by atoms with Gasteiger partial charge in [-0.3, -0.25) is 14.4 Å². The smallest absolute Gasteiger partial charge is 0.308 e. The molecule has 184 valence electrons. The van der Waals surface area contributed by atoms with Gasteiger partial charge in [-0.15, -0.1) is 18.3 Å². The molecule has 0 radical (unpaired) electrons. The Kier molecular flexibility index (Phi) is 6.79. The third kappa shape index (κ3) is 3.48. The SMILES string of the molecule is C=CCN(C(=O)C1N([C@@H](CO)C(C)C)C(=O)[C@@H]2[C@H](C(=O)O)[C@@H]3CC(C)C12S3)c1ccccc1Cl. The van der Waals surface area contributed by atoms with Gasteiger partial charge in [0.1, 0.15) is 6.04 Å². The molecule has 3 aliphatic heterocycles.